The smallest absolute Gasteiger partial charge is 0.255 e. The molecule has 0 fully saturated rings. The summed E-state index contributed by atoms with van der Waals surface area (Å²) >= 11 is 0. The molecule has 0 aromatic carbocycles. The molecule has 1 aromatic rings. The van der Waals surface area contributed by atoms with Gasteiger partial charge in [0.05, 0.1) is 11.8 Å². The van der Waals surface area contributed by atoms with Crippen LogP contribution >= 0.6 is 0 Å². The van der Waals surface area contributed by atoms with Gasteiger partial charge in [-0.05, 0) is 24.3 Å². The molecule has 0 bridgehead atoms. The van der Waals surface area contributed by atoms with Crippen molar-refractivity contribution in [3.63, 3.8) is 0 Å². The van der Waals surface area contributed by atoms with Gasteiger partial charge in [-0.25, -0.2) is 9.37 Å². The van der Waals surface area contributed by atoms with Crippen LogP contribution < -0.4 is 10.6 Å². The lowest BCUT2D eigenvalue weighted by molar-refractivity contribution is 0.0937. The Morgan fingerprint density at radius 1 is 1.45 bits per heavy atom. The fourth-order valence-electron chi connectivity index (χ4n) is 1.57. The maximum absolute atomic E-state index is 13.3. The highest BCUT2D eigenvalue weighted by molar-refractivity contribution is 5.98. The molecule has 0 radical (unpaired) electrons. The van der Waals surface area contributed by atoms with E-state index in [4.69, 9.17) is 0 Å². The number of hydrogen-bond acceptors (Lipinski definition) is 3. The van der Waals surface area contributed by atoms with Gasteiger partial charge in [0.1, 0.15) is 11.6 Å². The standard InChI is InChI=1S/C15H24FN3O/c1-6-17-13-12(7-11(16)9-18-13)14(20)19-8-10(2)15(3,4)5/h7,9-10H,6,8H2,1-5H3,(H,17,18)(H,19,20). The molecule has 20 heavy (non-hydrogen) atoms. The van der Waals surface area contributed by atoms with E-state index in [0.717, 1.165) is 6.20 Å². The molecular weight excluding hydrogens is 257 g/mol. The quantitative estimate of drug-likeness (QED) is 0.872. The van der Waals surface area contributed by atoms with Gasteiger partial charge >= 0.3 is 0 Å². The SMILES string of the molecule is CCNc1ncc(F)cc1C(=O)NCC(C)C(C)(C)C. The lowest BCUT2D eigenvalue weighted by Crippen LogP contribution is -2.34. The molecule has 1 atom stereocenters. The lowest BCUT2D eigenvalue weighted by Gasteiger charge is -2.27. The highest BCUT2D eigenvalue weighted by Gasteiger charge is 2.21. The average molecular weight is 281 g/mol. The second kappa shape index (κ2) is 6.68. The number of carbonyl (C=O) groups is 1. The van der Waals surface area contributed by atoms with Gasteiger partial charge in [0.2, 0.25) is 0 Å². The third-order valence-electron chi connectivity index (χ3n) is 3.49. The first-order valence-electron chi connectivity index (χ1n) is 6.93. The van der Waals surface area contributed by atoms with Crippen LogP contribution in [0.15, 0.2) is 12.3 Å². The van der Waals surface area contributed by atoms with Crippen molar-refractivity contribution < 1.29 is 9.18 Å². The van der Waals surface area contributed by atoms with Crippen LogP contribution in [-0.4, -0.2) is 24.0 Å². The van der Waals surface area contributed by atoms with Crippen LogP contribution in [-0.2, 0) is 0 Å². The van der Waals surface area contributed by atoms with Crippen molar-refractivity contribution >= 4 is 11.7 Å². The highest BCUT2D eigenvalue weighted by Crippen LogP contribution is 2.24. The van der Waals surface area contributed by atoms with Gasteiger partial charge in [-0.15, -0.1) is 0 Å². The molecule has 112 valence electrons. The molecule has 0 aliphatic carbocycles. The fourth-order valence-corrected chi connectivity index (χ4v) is 1.57. The number of pyridine rings is 1. The summed E-state index contributed by atoms with van der Waals surface area (Å²) in [5, 5.41) is 5.81. The van der Waals surface area contributed by atoms with Crippen LogP contribution in [0.2, 0.25) is 0 Å². The second-order valence-corrected chi connectivity index (χ2v) is 6.06. The number of amides is 1. The normalized spacial score (nSPS) is 12.9. The number of anilines is 1. The molecule has 0 aliphatic rings. The van der Waals surface area contributed by atoms with E-state index in [1.165, 1.54) is 6.07 Å². The van der Waals surface area contributed by atoms with Gasteiger partial charge in [0.25, 0.3) is 5.91 Å². The summed E-state index contributed by atoms with van der Waals surface area (Å²) in [5.74, 6) is -0.0879. The Balaban J connectivity index is 2.79. The Hall–Kier alpha value is -1.65. The summed E-state index contributed by atoms with van der Waals surface area (Å²) in [5.41, 5.74) is 0.353. The molecule has 0 aliphatic heterocycles. The van der Waals surface area contributed by atoms with Gasteiger partial charge in [0.15, 0.2) is 0 Å². The topological polar surface area (TPSA) is 54.0 Å². The van der Waals surface area contributed by atoms with Crippen molar-refractivity contribution in [1.82, 2.24) is 10.3 Å². The Bertz CT molecular complexity index is 469. The van der Waals surface area contributed by atoms with E-state index in [2.05, 4.69) is 43.3 Å². The van der Waals surface area contributed by atoms with Crippen LogP contribution in [0.25, 0.3) is 0 Å². The number of halogens is 1. The second-order valence-electron chi connectivity index (χ2n) is 6.06. The molecule has 1 amide bonds. The zero-order chi connectivity index (χ0) is 15.3. The minimum absolute atomic E-state index is 0.109. The first-order chi connectivity index (χ1) is 9.25. The monoisotopic (exact) mass is 281 g/mol. The van der Waals surface area contributed by atoms with Crippen molar-refractivity contribution in [1.29, 1.82) is 0 Å². The van der Waals surface area contributed by atoms with Crippen LogP contribution in [0.1, 0.15) is 45.0 Å². The van der Waals surface area contributed by atoms with E-state index >= 15 is 0 Å². The van der Waals surface area contributed by atoms with Crippen molar-refractivity contribution in [2.24, 2.45) is 11.3 Å². The Labute approximate surface area is 120 Å². The van der Waals surface area contributed by atoms with Gasteiger partial charge in [-0.3, -0.25) is 4.79 Å². The van der Waals surface area contributed by atoms with Gasteiger partial charge in [0, 0.05) is 13.1 Å². The summed E-state index contributed by atoms with van der Waals surface area (Å²) in [6.07, 6.45) is 1.10. The van der Waals surface area contributed by atoms with Crippen molar-refractivity contribution in [3.8, 4) is 0 Å². The van der Waals surface area contributed by atoms with Gasteiger partial charge < -0.3 is 10.6 Å². The molecule has 0 saturated heterocycles. The molecule has 0 spiro atoms. The molecule has 5 heteroatoms. The number of nitrogens with one attached hydrogen (secondary N) is 2. The Kier molecular flexibility index (Phi) is 5.48. The number of rotatable bonds is 5. The predicted octanol–water partition coefficient (Wildman–Crippen LogP) is 3.06. The highest BCUT2D eigenvalue weighted by atomic mass is 19.1. The van der Waals surface area contributed by atoms with Crippen LogP contribution in [0.4, 0.5) is 10.2 Å². The van der Waals surface area contributed by atoms with Crippen molar-refractivity contribution in [3.05, 3.63) is 23.6 Å². The third kappa shape index (κ3) is 4.47. The summed E-state index contributed by atoms with van der Waals surface area (Å²) in [6, 6.07) is 1.21. The lowest BCUT2D eigenvalue weighted by atomic mass is 9.82. The van der Waals surface area contributed by atoms with E-state index in [9.17, 15) is 9.18 Å². The Morgan fingerprint density at radius 3 is 2.65 bits per heavy atom. The fraction of sp³-hybridized carbons (Fsp3) is 0.600. The van der Waals surface area contributed by atoms with E-state index in [1.807, 2.05) is 6.92 Å². The maximum Gasteiger partial charge on any atom is 0.255 e. The molecule has 2 N–H and O–H groups in total. The maximum atomic E-state index is 13.3. The van der Waals surface area contributed by atoms with E-state index in [1.54, 1.807) is 0 Å². The van der Waals surface area contributed by atoms with Gasteiger partial charge in [-0.2, -0.15) is 0 Å². The summed E-state index contributed by atoms with van der Waals surface area (Å²) in [4.78, 5) is 16.1. The van der Waals surface area contributed by atoms with Crippen LogP contribution in [0.3, 0.4) is 0 Å². The van der Waals surface area contributed by atoms with Crippen LogP contribution in [0.5, 0.6) is 0 Å². The third-order valence-corrected chi connectivity index (χ3v) is 3.49. The molecule has 1 aromatic heterocycles. The first-order valence-corrected chi connectivity index (χ1v) is 6.93. The number of hydrogen-bond donors (Lipinski definition) is 2. The number of carbonyl (C=O) groups excluding carboxylic acids is 1. The molecule has 1 heterocycles. The summed E-state index contributed by atoms with van der Waals surface area (Å²) in [6.45, 7) is 11.5. The molecule has 1 rings (SSSR count). The largest absolute Gasteiger partial charge is 0.370 e. The summed E-state index contributed by atoms with van der Waals surface area (Å²) < 4.78 is 13.3. The number of nitrogens with zero attached hydrogens (tertiary/aromatic N) is 1. The first kappa shape index (κ1) is 16.4. The molecule has 0 saturated carbocycles. The molecular formula is C15H24FN3O. The van der Waals surface area contributed by atoms with Crippen molar-refractivity contribution in [2.45, 2.75) is 34.6 Å². The summed E-state index contributed by atoms with van der Waals surface area (Å²) in [7, 11) is 0. The number of aromatic nitrogens is 1. The minimum Gasteiger partial charge on any atom is -0.370 e. The van der Waals surface area contributed by atoms with E-state index in [-0.39, 0.29) is 16.9 Å². The molecule has 4 nitrogen and oxygen atoms in total. The average Bonchev–Trinajstić information content (AvgIpc) is 2.36. The predicted molar refractivity (Wildman–Crippen MR) is 79.3 cm³/mol. The van der Waals surface area contributed by atoms with E-state index < -0.39 is 5.82 Å². The van der Waals surface area contributed by atoms with Crippen LogP contribution in [0, 0.1) is 17.2 Å². The zero-order valence-electron chi connectivity index (χ0n) is 12.9. The van der Waals surface area contributed by atoms with E-state index in [0.29, 0.717) is 24.8 Å². The zero-order valence-corrected chi connectivity index (χ0v) is 12.9. The Morgan fingerprint density at radius 2 is 2.10 bits per heavy atom. The minimum atomic E-state index is -0.513. The van der Waals surface area contributed by atoms with Gasteiger partial charge in [-0.1, -0.05) is 27.7 Å². The van der Waals surface area contributed by atoms with Crippen molar-refractivity contribution in [2.75, 3.05) is 18.4 Å². The molecule has 1 unspecified atom stereocenters.